The second kappa shape index (κ2) is 7.72. The van der Waals surface area contributed by atoms with Crippen LogP contribution in [0.4, 0.5) is 0 Å². The van der Waals surface area contributed by atoms with Crippen molar-refractivity contribution in [1.82, 2.24) is 0 Å². The van der Waals surface area contributed by atoms with Crippen LogP contribution in [0.2, 0.25) is 0 Å². The molecular formula is C17H32O2. The van der Waals surface area contributed by atoms with Crippen LogP contribution in [-0.4, -0.2) is 11.1 Å². The first-order chi connectivity index (χ1) is 8.52. The van der Waals surface area contributed by atoms with Crippen molar-refractivity contribution in [2.75, 3.05) is 0 Å². The van der Waals surface area contributed by atoms with Crippen LogP contribution in [0.3, 0.4) is 0 Å². The molecule has 0 aliphatic heterocycles. The van der Waals surface area contributed by atoms with E-state index in [4.69, 9.17) is 5.11 Å². The minimum Gasteiger partial charge on any atom is -0.478 e. The van der Waals surface area contributed by atoms with Gasteiger partial charge < -0.3 is 5.11 Å². The van der Waals surface area contributed by atoms with Crippen molar-refractivity contribution in [1.29, 1.82) is 0 Å². The number of carboxylic acids is 1. The lowest BCUT2D eigenvalue weighted by molar-refractivity contribution is -0.131. The molecular weight excluding hydrogens is 236 g/mol. The molecule has 0 aromatic carbocycles. The molecule has 0 rings (SSSR count). The van der Waals surface area contributed by atoms with Crippen LogP contribution in [0, 0.1) is 10.8 Å². The Morgan fingerprint density at radius 2 is 1.53 bits per heavy atom. The van der Waals surface area contributed by atoms with E-state index < -0.39 is 5.97 Å². The van der Waals surface area contributed by atoms with Gasteiger partial charge in [0.2, 0.25) is 0 Å². The maximum atomic E-state index is 10.5. The molecule has 0 saturated carbocycles. The zero-order valence-electron chi connectivity index (χ0n) is 13.7. The Balaban J connectivity index is 3.94. The summed E-state index contributed by atoms with van der Waals surface area (Å²) in [6.45, 7) is 13.4. The maximum Gasteiger partial charge on any atom is 0.328 e. The summed E-state index contributed by atoms with van der Waals surface area (Å²) in [7, 11) is 0. The minimum atomic E-state index is -0.832. The molecule has 2 nitrogen and oxygen atoms in total. The van der Waals surface area contributed by atoms with Crippen molar-refractivity contribution in [3.8, 4) is 0 Å². The number of allylic oxidation sites excluding steroid dienone is 1. The largest absolute Gasteiger partial charge is 0.478 e. The minimum absolute atomic E-state index is 0.370. The fourth-order valence-electron chi connectivity index (χ4n) is 2.35. The smallest absolute Gasteiger partial charge is 0.328 e. The van der Waals surface area contributed by atoms with Crippen LogP contribution < -0.4 is 0 Å². The molecule has 0 radical (unpaired) electrons. The third-order valence-electron chi connectivity index (χ3n) is 3.57. The Bertz CT molecular complexity index is 306. The van der Waals surface area contributed by atoms with Crippen LogP contribution in [-0.2, 0) is 4.79 Å². The first-order valence-electron chi connectivity index (χ1n) is 7.42. The summed E-state index contributed by atoms with van der Waals surface area (Å²) in [5, 5.41) is 8.66. The second-order valence-corrected chi connectivity index (χ2v) is 7.76. The van der Waals surface area contributed by atoms with Gasteiger partial charge in [-0.3, -0.25) is 0 Å². The van der Waals surface area contributed by atoms with Gasteiger partial charge in [0.15, 0.2) is 0 Å². The van der Waals surface area contributed by atoms with E-state index in [1.165, 1.54) is 31.8 Å². The third kappa shape index (κ3) is 12.0. The topological polar surface area (TPSA) is 37.3 Å². The molecule has 0 atom stereocenters. The molecule has 0 aliphatic rings. The van der Waals surface area contributed by atoms with Crippen LogP contribution in [0.15, 0.2) is 11.6 Å². The van der Waals surface area contributed by atoms with Gasteiger partial charge in [-0.05, 0) is 49.9 Å². The van der Waals surface area contributed by atoms with Gasteiger partial charge in [0, 0.05) is 6.08 Å². The third-order valence-corrected chi connectivity index (χ3v) is 3.57. The summed E-state index contributed by atoms with van der Waals surface area (Å²) < 4.78 is 0. The lowest BCUT2D eigenvalue weighted by Gasteiger charge is -2.27. The highest BCUT2D eigenvalue weighted by Crippen LogP contribution is 2.32. The molecule has 19 heavy (non-hydrogen) atoms. The Morgan fingerprint density at radius 1 is 1.00 bits per heavy atom. The molecule has 1 N–H and O–H groups in total. The van der Waals surface area contributed by atoms with Crippen LogP contribution in [0.25, 0.3) is 0 Å². The van der Waals surface area contributed by atoms with E-state index in [0.29, 0.717) is 10.8 Å². The van der Waals surface area contributed by atoms with Crippen molar-refractivity contribution < 1.29 is 9.90 Å². The molecule has 0 unspecified atom stereocenters. The number of aliphatic carboxylic acids is 1. The Hall–Kier alpha value is -0.790. The summed E-state index contributed by atoms with van der Waals surface area (Å²) in [6.07, 6.45) is 8.28. The molecule has 112 valence electrons. The Morgan fingerprint density at radius 3 is 2.00 bits per heavy atom. The second-order valence-electron chi connectivity index (χ2n) is 7.76. The summed E-state index contributed by atoms with van der Waals surface area (Å²) in [6, 6.07) is 0. The lowest BCUT2D eigenvalue weighted by Crippen LogP contribution is -2.13. The Kier molecular flexibility index (Phi) is 7.39. The van der Waals surface area contributed by atoms with Gasteiger partial charge in [-0.25, -0.2) is 4.79 Å². The highest BCUT2D eigenvalue weighted by Gasteiger charge is 2.19. The van der Waals surface area contributed by atoms with Gasteiger partial charge in [-0.2, -0.15) is 0 Å². The molecule has 0 fully saturated rings. The van der Waals surface area contributed by atoms with Crippen LogP contribution in [0.5, 0.6) is 0 Å². The molecule has 2 heteroatoms. The predicted octanol–water partition coefficient (Wildman–Crippen LogP) is 5.43. The molecule has 0 bridgehead atoms. The number of rotatable bonds is 8. The van der Waals surface area contributed by atoms with Gasteiger partial charge >= 0.3 is 5.97 Å². The number of carboxylic acid groups (broad SMARTS) is 1. The summed E-state index contributed by atoms with van der Waals surface area (Å²) in [5.74, 6) is -0.832. The summed E-state index contributed by atoms with van der Waals surface area (Å²) in [5.41, 5.74) is 1.77. The van der Waals surface area contributed by atoms with Gasteiger partial charge in [0.25, 0.3) is 0 Å². The van der Waals surface area contributed by atoms with Crippen molar-refractivity contribution in [2.24, 2.45) is 10.8 Å². The molecule has 0 aromatic heterocycles. The zero-order chi connectivity index (χ0) is 15.1. The first kappa shape index (κ1) is 18.2. The van der Waals surface area contributed by atoms with E-state index in [9.17, 15) is 4.79 Å². The van der Waals surface area contributed by atoms with E-state index in [1.54, 1.807) is 0 Å². The van der Waals surface area contributed by atoms with Gasteiger partial charge in [-0.15, -0.1) is 0 Å². The average Bonchev–Trinajstić information content (AvgIpc) is 2.12. The fourth-order valence-corrected chi connectivity index (χ4v) is 2.35. The van der Waals surface area contributed by atoms with Gasteiger partial charge in [-0.1, -0.05) is 46.6 Å². The monoisotopic (exact) mass is 268 g/mol. The SMILES string of the molecule is CC(=CC(=O)O)CCCC(C)(C)CCCC(C)(C)C. The fraction of sp³-hybridized carbons (Fsp3) is 0.824. The van der Waals surface area contributed by atoms with Crippen LogP contribution in [0.1, 0.15) is 80.1 Å². The molecule has 0 aromatic rings. The standard InChI is InChI=1S/C17H32O2/c1-14(13-15(18)19)9-7-11-17(5,6)12-8-10-16(2,3)4/h13H,7-12H2,1-6H3,(H,18,19). The first-order valence-corrected chi connectivity index (χ1v) is 7.42. The van der Waals surface area contributed by atoms with Crippen molar-refractivity contribution in [2.45, 2.75) is 80.1 Å². The number of carbonyl (C=O) groups is 1. The van der Waals surface area contributed by atoms with Crippen molar-refractivity contribution in [3.05, 3.63) is 11.6 Å². The van der Waals surface area contributed by atoms with E-state index in [-0.39, 0.29) is 0 Å². The quantitative estimate of drug-likeness (QED) is 0.596. The van der Waals surface area contributed by atoms with Gasteiger partial charge in [0.1, 0.15) is 0 Å². The highest BCUT2D eigenvalue weighted by molar-refractivity contribution is 5.80. The molecule has 0 saturated heterocycles. The van der Waals surface area contributed by atoms with Crippen molar-refractivity contribution in [3.63, 3.8) is 0 Å². The molecule has 0 aliphatic carbocycles. The molecule has 0 spiro atoms. The lowest BCUT2D eigenvalue weighted by atomic mass is 9.79. The molecule has 0 heterocycles. The molecule has 0 amide bonds. The van der Waals surface area contributed by atoms with Crippen LogP contribution >= 0.6 is 0 Å². The average molecular weight is 268 g/mol. The van der Waals surface area contributed by atoms with E-state index in [2.05, 4.69) is 34.6 Å². The number of hydrogen-bond donors (Lipinski definition) is 1. The zero-order valence-corrected chi connectivity index (χ0v) is 13.7. The summed E-state index contributed by atoms with van der Waals surface area (Å²) >= 11 is 0. The van der Waals surface area contributed by atoms with E-state index >= 15 is 0 Å². The predicted molar refractivity (Wildman–Crippen MR) is 82.3 cm³/mol. The van der Waals surface area contributed by atoms with Crippen molar-refractivity contribution >= 4 is 5.97 Å². The van der Waals surface area contributed by atoms with E-state index in [1.807, 2.05) is 6.92 Å². The summed E-state index contributed by atoms with van der Waals surface area (Å²) in [4.78, 5) is 10.5. The highest BCUT2D eigenvalue weighted by atomic mass is 16.4. The van der Waals surface area contributed by atoms with E-state index in [0.717, 1.165) is 18.4 Å². The Labute approximate surface area is 119 Å². The van der Waals surface area contributed by atoms with Gasteiger partial charge in [0.05, 0.1) is 0 Å². The maximum absolute atomic E-state index is 10.5. The normalized spacial score (nSPS) is 13.7. The number of hydrogen-bond acceptors (Lipinski definition) is 1.